The van der Waals surface area contributed by atoms with Gasteiger partial charge in [0.25, 0.3) is 0 Å². The molecule has 8 nitrogen and oxygen atoms in total. The number of carbonyl (C=O) groups is 3. The van der Waals surface area contributed by atoms with Crippen LogP contribution in [0.1, 0.15) is 33.1 Å². The number of carbonyl (C=O) groups excluding carboxylic acids is 3. The minimum absolute atomic E-state index is 0.000832. The van der Waals surface area contributed by atoms with E-state index in [0.717, 1.165) is 6.42 Å². The van der Waals surface area contributed by atoms with Crippen LogP contribution in [0.5, 0.6) is 0 Å². The molecule has 0 aliphatic carbocycles. The minimum atomic E-state index is -1.09. The van der Waals surface area contributed by atoms with Gasteiger partial charge in [0.15, 0.2) is 0 Å². The third-order valence-electron chi connectivity index (χ3n) is 6.81. The van der Waals surface area contributed by atoms with E-state index in [1.54, 1.807) is 24.3 Å². The highest BCUT2D eigenvalue weighted by molar-refractivity contribution is 6.30. The van der Waals surface area contributed by atoms with Gasteiger partial charge in [-0.25, -0.2) is 0 Å². The predicted octanol–water partition coefficient (Wildman–Crippen LogP) is 1.56. The summed E-state index contributed by atoms with van der Waals surface area (Å²) < 4.78 is 6.44. The number of nitrogens with one attached hydrogen (secondary N) is 2. The highest BCUT2D eigenvalue weighted by atomic mass is 35.5. The first-order chi connectivity index (χ1) is 14.8. The zero-order chi connectivity index (χ0) is 22.4. The molecule has 0 radical (unpaired) electrons. The Morgan fingerprint density at radius 3 is 2.61 bits per heavy atom. The Bertz CT molecular complexity index is 894. The topological polar surface area (TPSA) is 108 Å². The van der Waals surface area contributed by atoms with Crippen LogP contribution in [0.15, 0.2) is 24.3 Å². The summed E-state index contributed by atoms with van der Waals surface area (Å²) in [6.45, 7) is 4.04. The fourth-order valence-electron chi connectivity index (χ4n) is 5.58. The van der Waals surface area contributed by atoms with Crippen molar-refractivity contribution in [3.63, 3.8) is 0 Å². The van der Waals surface area contributed by atoms with Crippen molar-refractivity contribution in [2.75, 3.05) is 25.0 Å². The van der Waals surface area contributed by atoms with Gasteiger partial charge in [-0.1, -0.05) is 18.5 Å². The number of amides is 3. The molecule has 2 bridgehead atoms. The zero-order valence-corrected chi connectivity index (χ0v) is 18.4. The van der Waals surface area contributed by atoms with Crippen molar-refractivity contribution in [3.05, 3.63) is 29.3 Å². The summed E-state index contributed by atoms with van der Waals surface area (Å²) in [6, 6.07) is 5.75. The van der Waals surface area contributed by atoms with Gasteiger partial charge in [-0.15, -0.1) is 0 Å². The van der Waals surface area contributed by atoms with Gasteiger partial charge in [0.05, 0.1) is 24.0 Å². The van der Waals surface area contributed by atoms with Gasteiger partial charge in [0, 0.05) is 23.8 Å². The standard InChI is InChI=1S/C22H28ClN3O5/c1-3-10-24-18(28)15-16-20(30)26(11-12-27)17(22(16)9-8-21(15,2)31-22)19(29)25-14-6-4-13(23)5-7-14/h4-7,15-17,27H,3,8-12H2,1-2H3,(H,24,28)(H,25,29)/t15-,16-,17?,21+,22?/m0/s1. The summed E-state index contributed by atoms with van der Waals surface area (Å²) in [5.74, 6) is -2.35. The van der Waals surface area contributed by atoms with Crippen LogP contribution in [0.25, 0.3) is 0 Å². The molecule has 1 aromatic carbocycles. The van der Waals surface area contributed by atoms with Crippen LogP contribution in [0.3, 0.4) is 0 Å². The number of hydrogen-bond donors (Lipinski definition) is 3. The Hall–Kier alpha value is -2.16. The molecule has 3 fully saturated rings. The van der Waals surface area contributed by atoms with Crippen molar-refractivity contribution < 1.29 is 24.2 Å². The number of fused-ring (bicyclic) bond motifs is 1. The summed E-state index contributed by atoms with van der Waals surface area (Å²) >= 11 is 5.93. The number of rotatable bonds is 7. The SMILES string of the molecule is CCCNC(=O)[C@@H]1[C@H]2C(=O)N(CCO)C(C(=O)Nc3ccc(Cl)cc3)C23CC[C@@]1(C)O3. The van der Waals surface area contributed by atoms with Crippen LogP contribution in [-0.4, -0.2) is 64.7 Å². The highest BCUT2D eigenvalue weighted by Gasteiger charge is 2.77. The first kappa shape index (κ1) is 22.0. The summed E-state index contributed by atoms with van der Waals surface area (Å²) in [7, 11) is 0. The van der Waals surface area contributed by atoms with E-state index in [-0.39, 0.29) is 25.0 Å². The van der Waals surface area contributed by atoms with Crippen molar-refractivity contribution in [2.24, 2.45) is 11.8 Å². The lowest BCUT2D eigenvalue weighted by Gasteiger charge is -2.33. The van der Waals surface area contributed by atoms with Crippen LogP contribution in [0.2, 0.25) is 5.02 Å². The lowest BCUT2D eigenvalue weighted by molar-refractivity contribution is -0.145. The molecule has 31 heavy (non-hydrogen) atoms. The third kappa shape index (κ3) is 3.41. The number of hydrogen-bond acceptors (Lipinski definition) is 5. The van der Waals surface area contributed by atoms with Gasteiger partial charge >= 0.3 is 0 Å². The maximum atomic E-state index is 13.5. The summed E-state index contributed by atoms with van der Waals surface area (Å²) in [6.07, 6.45) is 1.86. The second kappa shape index (κ2) is 8.07. The Morgan fingerprint density at radius 2 is 1.97 bits per heavy atom. The van der Waals surface area contributed by atoms with Crippen LogP contribution in [0.4, 0.5) is 5.69 Å². The van der Waals surface area contributed by atoms with Crippen LogP contribution >= 0.6 is 11.6 Å². The number of ether oxygens (including phenoxy) is 1. The van der Waals surface area contributed by atoms with Gasteiger partial charge in [0.2, 0.25) is 17.7 Å². The zero-order valence-electron chi connectivity index (χ0n) is 17.7. The summed E-state index contributed by atoms with van der Waals surface area (Å²) in [4.78, 5) is 41.3. The first-order valence-corrected chi connectivity index (χ1v) is 11.1. The van der Waals surface area contributed by atoms with Crippen molar-refractivity contribution in [2.45, 2.75) is 50.4 Å². The molecule has 4 rings (SSSR count). The van der Waals surface area contributed by atoms with Gasteiger partial charge in [-0.2, -0.15) is 0 Å². The summed E-state index contributed by atoms with van der Waals surface area (Å²) in [5.41, 5.74) is -1.35. The molecule has 3 aliphatic rings. The van der Waals surface area contributed by atoms with Crippen LogP contribution in [-0.2, 0) is 19.1 Å². The van der Waals surface area contributed by atoms with E-state index in [2.05, 4.69) is 10.6 Å². The molecule has 1 spiro atoms. The monoisotopic (exact) mass is 449 g/mol. The molecule has 3 saturated heterocycles. The van der Waals surface area contributed by atoms with Gasteiger partial charge in [-0.05, 0) is 50.5 Å². The predicted molar refractivity (Wildman–Crippen MR) is 114 cm³/mol. The molecule has 2 unspecified atom stereocenters. The molecule has 3 N–H and O–H groups in total. The number of aliphatic hydroxyl groups excluding tert-OH is 1. The lowest BCUT2D eigenvalue weighted by Crippen LogP contribution is -2.53. The first-order valence-electron chi connectivity index (χ1n) is 10.7. The third-order valence-corrected chi connectivity index (χ3v) is 7.06. The molecule has 0 aromatic heterocycles. The fourth-order valence-corrected chi connectivity index (χ4v) is 5.70. The fraction of sp³-hybridized carbons (Fsp3) is 0.591. The van der Waals surface area contributed by atoms with Crippen LogP contribution < -0.4 is 10.6 Å². The van der Waals surface area contributed by atoms with E-state index in [9.17, 15) is 19.5 Å². The normalized spacial score (nSPS) is 33.5. The van der Waals surface area contributed by atoms with E-state index in [1.165, 1.54) is 4.90 Å². The van der Waals surface area contributed by atoms with E-state index >= 15 is 0 Å². The number of halogens is 1. The Labute approximate surface area is 186 Å². The minimum Gasteiger partial charge on any atom is -0.395 e. The molecule has 9 heteroatoms. The number of aliphatic hydroxyl groups is 1. The largest absolute Gasteiger partial charge is 0.395 e. The Kier molecular flexibility index (Phi) is 5.74. The molecule has 168 valence electrons. The number of nitrogens with zero attached hydrogens (tertiary/aromatic N) is 1. The van der Waals surface area contributed by atoms with Crippen molar-refractivity contribution in [1.29, 1.82) is 0 Å². The average molecular weight is 450 g/mol. The van der Waals surface area contributed by atoms with E-state index in [4.69, 9.17) is 16.3 Å². The number of likely N-dealkylation sites (tertiary alicyclic amines) is 1. The Balaban J connectivity index is 1.68. The molecular weight excluding hydrogens is 422 g/mol. The second-order valence-electron chi connectivity index (χ2n) is 8.77. The molecule has 0 saturated carbocycles. The maximum Gasteiger partial charge on any atom is 0.250 e. The lowest BCUT2D eigenvalue weighted by atomic mass is 9.66. The maximum absolute atomic E-state index is 13.5. The van der Waals surface area contributed by atoms with Crippen molar-refractivity contribution in [3.8, 4) is 0 Å². The summed E-state index contributed by atoms with van der Waals surface area (Å²) in [5, 5.41) is 15.9. The van der Waals surface area contributed by atoms with Gasteiger partial charge in [-0.3, -0.25) is 14.4 Å². The molecule has 3 aliphatic heterocycles. The number of anilines is 1. The quantitative estimate of drug-likeness (QED) is 0.585. The van der Waals surface area contributed by atoms with Crippen molar-refractivity contribution in [1.82, 2.24) is 10.2 Å². The van der Waals surface area contributed by atoms with Crippen molar-refractivity contribution >= 4 is 35.0 Å². The molecule has 5 atom stereocenters. The molecule has 3 amide bonds. The number of benzene rings is 1. The van der Waals surface area contributed by atoms with Crippen LogP contribution in [0, 0.1) is 11.8 Å². The van der Waals surface area contributed by atoms with Gasteiger partial charge in [0.1, 0.15) is 11.6 Å². The number of β-amino-alcohol motifs (C(OH)–C–C–N with tert-alkyl or cyclic N) is 1. The van der Waals surface area contributed by atoms with Gasteiger partial charge < -0.3 is 25.4 Å². The Morgan fingerprint density at radius 1 is 1.26 bits per heavy atom. The highest BCUT2D eigenvalue weighted by Crippen LogP contribution is 2.63. The average Bonchev–Trinajstić information content (AvgIpc) is 3.29. The van der Waals surface area contributed by atoms with E-state index in [1.807, 2.05) is 13.8 Å². The van der Waals surface area contributed by atoms with E-state index < -0.39 is 35.0 Å². The smallest absolute Gasteiger partial charge is 0.250 e. The van der Waals surface area contributed by atoms with E-state index in [0.29, 0.717) is 30.1 Å². The molecule has 3 heterocycles. The second-order valence-corrected chi connectivity index (χ2v) is 9.21. The molecular formula is C22H28ClN3O5. The molecule has 1 aromatic rings.